The van der Waals surface area contributed by atoms with Crippen LogP contribution in [0.5, 0.6) is 5.75 Å². The summed E-state index contributed by atoms with van der Waals surface area (Å²) in [7, 11) is 0. The van der Waals surface area contributed by atoms with E-state index in [9.17, 15) is 5.11 Å². The molecule has 2 atom stereocenters. The summed E-state index contributed by atoms with van der Waals surface area (Å²) in [5.74, 6) is 0.735. The summed E-state index contributed by atoms with van der Waals surface area (Å²) in [6.45, 7) is 5.33. The van der Waals surface area contributed by atoms with Crippen LogP contribution in [-0.2, 0) is 13.1 Å². The first-order valence-electron chi connectivity index (χ1n) is 7.98. The number of rotatable bonds is 5. The monoisotopic (exact) mass is 335 g/mol. The Morgan fingerprint density at radius 1 is 1.35 bits per heavy atom. The van der Waals surface area contributed by atoms with Gasteiger partial charge in [-0.3, -0.25) is 9.58 Å². The number of halogens is 1. The van der Waals surface area contributed by atoms with Crippen molar-refractivity contribution in [2.75, 3.05) is 13.1 Å². The van der Waals surface area contributed by atoms with Crippen LogP contribution in [0, 0.1) is 0 Å². The molecule has 1 N–H and O–H groups in total. The molecule has 3 rings (SSSR count). The van der Waals surface area contributed by atoms with E-state index in [-0.39, 0.29) is 6.10 Å². The molecule has 23 heavy (non-hydrogen) atoms. The highest BCUT2D eigenvalue weighted by molar-refractivity contribution is 6.30. The van der Waals surface area contributed by atoms with Gasteiger partial charge in [0.05, 0.1) is 12.3 Å². The number of hydrogen-bond acceptors (Lipinski definition) is 4. The molecule has 0 radical (unpaired) electrons. The van der Waals surface area contributed by atoms with Crippen LogP contribution in [0.25, 0.3) is 0 Å². The van der Waals surface area contributed by atoms with Gasteiger partial charge < -0.3 is 9.84 Å². The Kier molecular flexibility index (Phi) is 5.20. The summed E-state index contributed by atoms with van der Waals surface area (Å²) in [5, 5.41) is 15.2. The molecule has 1 fully saturated rings. The Morgan fingerprint density at radius 3 is 2.83 bits per heavy atom. The molecule has 0 saturated carbocycles. The molecule has 2 heterocycles. The van der Waals surface area contributed by atoms with E-state index < -0.39 is 6.10 Å². The smallest absolute Gasteiger partial charge is 0.137 e. The minimum absolute atomic E-state index is 0.230. The third kappa shape index (κ3) is 4.25. The molecule has 1 aromatic heterocycles. The lowest BCUT2D eigenvalue weighted by atomic mass is 10.0. The molecular formula is C17H22ClN3O2. The normalized spacial score (nSPS) is 22.2. The number of ether oxygens (including phenoxy) is 1. The number of aliphatic hydroxyl groups excluding tert-OH is 1. The van der Waals surface area contributed by atoms with Gasteiger partial charge in [-0.05, 0) is 37.6 Å². The van der Waals surface area contributed by atoms with Crippen molar-refractivity contribution < 1.29 is 9.84 Å². The summed E-state index contributed by atoms with van der Waals surface area (Å²) >= 11 is 5.89. The van der Waals surface area contributed by atoms with Crippen LogP contribution >= 0.6 is 11.6 Å². The first-order valence-corrected chi connectivity index (χ1v) is 8.36. The highest BCUT2D eigenvalue weighted by Crippen LogP contribution is 2.22. The highest BCUT2D eigenvalue weighted by atomic mass is 35.5. The molecular weight excluding hydrogens is 314 g/mol. The van der Waals surface area contributed by atoms with Gasteiger partial charge in [-0.2, -0.15) is 5.10 Å². The van der Waals surface area contributed by atoms with Gasteiger partial charge >= 0.3 is 0 Å². The van der Waals surface area contributed by atoms with E-state index in [4.69, 9.17) is 16.3 Å². The zero-order valence-electron chi connectivity index (χ0n) is 13.2. The minimum atomic E-state index is -0.444. The molecule has 2 aromatic rings. The number of hydrogen-bond donors (Lipinski definition) is 1. The van der Waals surface area contributed by atoms with Crippen LogP contribution in [0.3, 0.4) is 0 Å². The van der Waals surface area contributed by atoms with Gasteiger partial charge in [-0.15, -0.1) is 0 Å². The van der Waals surface area contributed by atoms with E-state index in [1.807, 2.05) is 23.0 Å². The fourth-order valence-corrected chi connectivity index (χ4v) is 2.96. The number of benzene rings is 1. The van der Waals surface area contributed by atoms with Gasteiger partial charge in [-0.1, -0.05) is 11.6 Å². The third-order valence-corrected chi connectivity index (χ3v) is 4.38. The SMILES string of the molecule is CCn1cc(CN2CC[C@@H](O)[C@H](Oc3ccc(Cl)cc3)C2)cn1. The first kappa shape index (κ1) is 16.3. The second-order valence-electron chi connectivity index (χ2n) is 5.91. The lowest BCUT2D eigenvalue weighted by Crippen LogP contribution is -2.49. The van der Waals surface area contributed by atoms with Crippen LogP contribution in [0.2, 0.25) is 5.02 Å². The van der Waals surface area contributed by atoms with E-state index in [0.717, 1.165) is 25.4 Å². The maximum Gasteiger partial charge on any atom is 0.137 e. The average molecular weight is 336 g/mol. The molecule has 1 saturated heterocycles. The Hall–Kier alpha value is -1.56. The quantitative estimate of drug-likeness (QED) is 0.912. The van der Waals surface area contributed by atoms with Crippen molar-refractivity contribution in [2.24, 2.45) is 0 Å². The third-order valence-electron chi connectivity index (χ3n) is 4.13. The predicted octanol–water partition coefficient (Wildman–Crippen LogP) is 2.57. The molecule has 0 amide bonds. The largest absolute Gasteiger partial charge is 0.486 e. The molecule has 1 aliphatic heterocycles. The van der Waals surface area contributed by atoms with Crippen molar-refractivity contribution in [1.29, 1.82) is 0 Å². The van der Waals surface area contributed by atoms with Gasteiger partial charge in [0.25, 0.3) is 0 Å². The zero-order chi connectivity index (χ0) is 16.2. The number of nitrogens with zero attached hydrogens (tertiary/aromatic N) is 3. The Morgan fingerprint density at radius 2 is 2.13 bits per heavy atom. The molecule has 0 aliphatic carbocycles. The van der Waals surface area contributed by atoms with Crippen molar-refractivity contribution in [2.45, 2.75) is 38.6 Å². The maximum atomic E-state index is 10.2. The molecule has 124 valence electrons. The topological polar surface area (TPSA) is 50.5 Å². The number of aryl methyl sites for hydroxylation is 1. The fraction of sp³-hybridized carbons (Fsp3) is 0.471. The van der Waals surface area contributed by atoms with Crippen LogP contribution in [-0.4, -0.2) is 45.1 Å². The van der Waals surface area contributed by atoms with Gasteiger partial charge in [0, 0.05) is 43.0 Å². The van der Waals surface area contributed by atoms with E-state index in [1.165, 1.54) is 5.56 Å². The Bertz CT molecular complexity index is 629. The first-order chi connectivity index (χ1) is 11.1. The van der Waals surface area contributed by atoms with Crippen LogP contribution in [0.15, 0.2) is 36.7 Å². The molecule has 0 unspecified atom stereocenters. The van der Waals surface area contributed by atoms with Crippen molar-refractivity contribution in [1.82, 2.24) is 14.7 Å². The average Bonchev–Trinajstić information content (AvgIpc) is 3.00. The van der Waals surface area contributed by atoms with Crippen LogP contribution < -0.4 is 4.74 Å². The number of aromatic nitrogens is 2. The number of aliphatic hydroxyl groups is 1. The van der Waals surface area contributed by atoms with Gasteiger partial charge in [0.1, 0.15) is 11.9 Å². The van der Waals surface area contributed by atoms with Crippen molar-refractivity contribution >= 4 is 11.6 Å². The maximum absolute atomic E-state index is 10.2. The van der Waals surface area contributed by atoms with Gasteiger partial charge in [0.15, 0.2) is 0 Å². The molecule has 1 aliphatic rings. The summed E-state index contributed by atoms with van der Waals surface area (Å²) in [6, 6.07) is 7.25. The van der Waals surface area contributed by atoms with E-state index in [1.54, 1.807) is 12.1 Å². The van der Waals surface area contributed by atoms with Crippen LogP contribution in [0.1, 0.15) is 18.9 Å². The van der Waals surface area contributed by atoms with Gasteiger partial charge in [-0.25, -0.2) is 0 Å². The Balaban J connectivity index is 1.60. The molecule has 5 nitrogen and oxygen atoms in total. The number of likely N-dealkylation sites (tertiary alicyclic amines) is 1. The lowest BCUT2D eigenvalue weighted by molar-refractivity contribution is -0.0267. The Labute approximate surface area is 141 Å². The molecule has 0 spiro atoms. The fourth-order valence-electron chi connectivity index (χ4n) is 2.83. The summed E-state index contributed by atoms with van der Waals surface area (Å²) in [5.41, 5.74) is 1.19. The minimum Gasteiger partial charge on any atom is -0.486 e. The molecule has 0 bridgehead atoms. The molecule has 6 heteroatoms. The molecule has 1 aromatic carbocycles. The van der Waals surface area contributed by atoms with E-state index in [2.05, 4.69) is 23.1 Å². The van der Waals surface area contributed by atoms with Crippen LogP contribution in [0.4, 0.5) is 0 Å². The van der Waals surface area contributed by atoms with Crippen molar-refractivity contribution in [3.63, 3.8) is 0 Å². The van der Waals surface area contributed by atoms with Crippen molar-refractivity contribution in [3.8, 4) is 5.75 Å². The van der Waals surface area contributed by atoms with Gasteiger partial charge in [0.2, 0.25) is 0 Å². The zero-order valence-corrected chi connectivity index (χ0v) is 14.0. The lowest BCUT2D eigenvalue weighted by Gasteiger charge is -2.36. The summed E-state index contributed by atoms with van der Waals surface area (Å²) in [6.07, 6.45) is 4.01. The highest BCUT2D eigenvalue weighted by Gasteiger charge is 2.29. The predicted molar refractivity (Wildman–Crippen MR) is 89.7 cm³/mol. The number of piperidine rings is 1. The van der Waals surface area contributed by atoms with Crippen molar-refractivity contribution in [3.05, 3.63) is 47.2 Å². The summed E-state index contributed by atoms with van der Waals surface area (Å²) < 4.78 is 7.87. The van der Waals surface area contributed by atoms with E-state index in [0.29, 0.717) is 18.0 Å². The standard InChI is InChI=1S/C17H22ClN3O2/c1-2-21-11-13(9-19-21)10-20-8-7-16(22)17(12-20)23-15-5-3-14(18)4-6-15/h3-6,9,11,16-17,22H,2,7-8,10,12H2,1H3/t16-,17-/m1/s1. The second-order valence-corrected chi connectivity index (χ2v) is 6.34. The summed E-state index contributed by atoms with van der Waals surface area (Å²) in [4.78, 5) is 2.30. The van der Waals surface area contributed by atoms with E-state index >= 15 is 0 Å². The second kappa shape index (κ2) is 7.34.